The van der Waals surface area contributed by atoms with E-state index < -0.39 is 6.61 Å². The first-order valence-electron chi connectivity index (χ1n) is 5.40. The van der Waals surface area contributed by atoms with Gasteiger partial charge in [-0.05, 0) is 6.07 Å². The minimum absolute atomic E-state index is 0.00128. The maximum atomic E-state index is 12.5. The Kier molecular flexibility index (Phi) is 5.44. The molecule has 0 heterocycles. The molecule has 2 aromatic carbocycles. The van der Waals surface area contributed by atoms with Gasteiger partial charge in [0.25, 0.3) is 0 Å². The summed E-state index contributed by atoms with van der Waals surface area (Å²) in [5.74, 6) is -0.106. The summed E-state index contributed by atoms with van der Waals surface area (Å²) in [7, 11) is 0. The first-order valence-corrected chi connectivity index (χ1v) is 7.29. The molecule has 0 saturated heterocycles. The lowest BCUT2D eigenvalue weighted by atomic mass is 10.0. The summed E-state index contributed by atoms with van der Waals surface area (Å²) >= 11 is 30.1. The average Bonchev–Trinajstić information content (AvgIpc) is 2.44. The van der Waals surface area contributed by atoms with Crippen LogP contribution in [-0.4, -0.2) is 6.61 Å². The van der Waals surface area contributed by atoms with Crippen LogP contribution in [-0.2, 0) is 0 Å². The highest BCUT2D eigenvalue weighted by atomic mass is 35.5. The normalized spacial score (nSPS) is 11.0. The summed E-state index contributed by atoms with van der Waals surface area (Å²) in [6, 6.07) is 5.99. The molecular formula is C13H5Cl5F2O. The summed E-state index contributed by atoms with van der Waals surface area (Å²) in [5, 5.41) is -0.0451. The van der Waals surface area contributed by atoms with Crippen LogP contribution in [0, 0.1) is 0 Å². The van der Waals surface area contributed by atoms with Crippen molar-refractivity contribution in [2.45, 2.75) is 6.61 Å². The third-order valence-corrected chi connectivity index (χ3v) is 4.86. The topological polar surface area (TPSA) is 9.23 Å². The Labute approximate surface area is 144 Å². The predicted molar refractivity (Wildman–Crippen MR) is 83.6 cm³/mol. The first kappa shape index (κ1) is 16.9. The van der Waals surface area contributed by atoms with Crippen LogP contribution >= 0.6 is 58.0 Å². The molecule has 0 unspecified atom stereocenters. The number of halogens is 7. The Bertz CT molecular complexity index is 661. The average molecular weight is 392 g/mol. The van der Waals surface area contributed by atoms with Crippen molar-refractivity contribution in [2.75, 3.05) is 0 Å². The van der Waals surface area contributed by atoms with Crippen LogP contribution in [0.25, 0.3) is 11.1 Å². The van der Waals surface area contributed by atoms with Crippen LogP contribution in [0.4, 0.5) is 8.78 Å². The molecule has 0 fully saturated rings. The van der Waals surface area contributed by atoms with Gasteiger partial charge < -0.3 is 4.74 Å². The standard InChI is InChI=1S/C13H5Cl5F2O/c14-8-7(9(15)11(17)12(18)10(8)16)5-3-1-2-4-6(5)21-13(19)20/h1-4,13H. The molecule has 2 aromatic rings. The Morgan fingerprint density at radius 2 is 1.24 bits per heavy atom. The Morgan fingerprint density at radius 3 is 1.76 bits per heavy atom. The van der Waals surface area contributed by atoms with E-state index in [-0.39, 0.29) is 42.0 Å². The van der Waals surface area contributed by atoms with E-state index in [4.69, 9.17) is 58.0 Å². The molecule has 21 heavy (non-hydrogen) atoms. The number of benzene rings is 2. The van der Waals surface area contributed by atoms with E-state index in [0.717, 1.165) is 0 Å². The third-order valence-electron chi connectivity index (χ3n) is 2.58. The Morgan fingerprint density at radius 1 is 0.762 bits per heavy atom. The summed E-state index contributed by atoms with van der Waals surface area (Å²) in [6.45, 7) is -3.00. The summed E-state index contributed by atoms with van der Waals surface area (Å²) in [6.07, 6.45) is 0. The quantitative estimate of drug-likeness (QED) is 0.396. The smallest absolute Gasteiger partial charge is 0.387 e. The second kappa shape index (κ2) is 6.76. The molecule has 0 bridgehead atoms. The van der Waals surface area contributed by atoms with Gasteiger partial charge in [0.2, 0.25) is 0 Å². The lowest BCUT2D eigenvalue weighted by molar-refractivity contribution is -0.0494. The van der Waals surface area contributed by atoms with Crippen molar-refractivity contribution < 1.29 is 13.5 Å². The van der Waals surface area contributed by atoms with Crippen LogP contribution in [0.2, 0.25) is 25.1 Å². The molecule has 2 rings (SSSR count). The van der Waals surface area contributed by atoms with E-state index in [0.29, 0.717) is 0 Å². The molecular weight excluding hydrogens is 387 g/mol. The molecule has 0 aliphatic rings. The number of alkyl halides is 2. The molecule has 112 valence electrons. The van der Waals surface area contributed by atoms with Crippen molar-refractivity contribution >= 4 is 58.0 Å². The Balaban J connectivity index is 2.74. The minimum atomic E-state index is -3.00. The second-order valence-corrected chi connectivity index (χ2v) is 5.71. The van der Waals surface area contributed by atoms with Crippen LogP contribution in [0.1, 0.15) is 0 Å². The van der Waals surface area contributed by atoms with Crippen molar-refractivity contribution in [1.29, 1.82) is 0 Å². The van der Waals surface area contributed by atoms with Gasteiger partial charge in [-0.15, -0.1) is 0 Å². The molecule has 0 saturated carbocycles. The third kappa shape index (κ3) is 3.33. The molecule has 0 atom stereocenters. The summed E-state index contributed by atoms with van der Waals surface area (Å²) < 4.78 is 29.4. The van der Waals surface area contributed by atoms with Crippen LogP contribution in [0.5, 0.6) is 5.75 Å². The van der Waals surface area contributed by atoms with Gasteiger partial charge in [-0.2, -0.15) is 8.78 Å². The Hall–Kier alpha value is -0.450. The number of rotatable bonds is 3. The number of para-hydroxylation sites is 1. The van der Waals surface area contributed by atoms with E-state index in [1.54, 1.807) is 6.07 Å². The summed E-state index contributed by atoms with van der Waals surface area (Å²) in [4.78, 5) is 0. The van der Waals surface area contributed by atoms with E-state index in [2.05, 4.69) is 4.74 Å². The van der Waals surface area contributed by atoms with Crippen LogP contribution in [0.15, 0.2) is 24.3 Å². The fourth-order valence-electron chi connectivity index (χ4n) is 1.71. The van der Waals surface area contributed by atoms with E-state index in [1.165, 1.54) is 18.2 Å². The lowest BCUT2D eigenvalue weighted by Gasteiger charge is -2.16. The van der Waals surface area contributed by atoms with Gasteiger partial charge in [-0.3, -0.25) is 0 Å². The van der Waals surface area contributed by atoms with Gasteiger partial charge in [0.15, 0.2) is 0 Å². The van der Waals surface area contributed by atoms with Crippen molar-refractivity contribution in [2.24, 2.45) is 0 Å². The van der Waals surface area contributed by atoms with Gasteiger partial charge in [0, 0.05) is 11.1 Å². The molecule has 0 spiro atoms. The molecule has 0 radical (unpaired) electrons. The zero-order valence-electron chi connectivity index (χ0n) is 9.94. The van der Waals surface area contributed by atoms with Gasteiger partial charge in [0.05, 0.1) is 25.1 Å². The SMILES string of the molecule is FC(F)Oc1ccccc1-c1c(Cl)c(Cl)c(Cl)c(Cl)c1Cl. The highest BCUT2D eigenvalue weighted by Gasteiger charge is 2.23. The molecule has 0 aliphatic carbocycles. The largest absolute Gasteiger partial charge is 0.434 e. The summed E-state index contributed by atoms with van der Waals surface area (Å²) in [5.41, 5.74) is 0.405. The zero-order valence-corrected chi connectivity index (χ0v) is 13.7. The highest BCUT2D eigenvalue weighted by molar-refractivity contribution is 6.56. The van der Waals surface area contributed by atoms with Gasteiger partial charge in [-0.25, -0.2) is 0 Å². The van der Waals surface area contributed by atoms with E-state index >= 15 is 0 Å². The van der Waals surface area contributed by atoms with E-state index in [9.17, 15) is 8.78 Å². The highest BCUT2D eigenvalue weighted by Crippen LogP contribution is 2.50. The lowest BCUT2D eigenvalue weighted by Crippen LogP contribution is -2.03. The minimum Gasteiger partial charge on any atom is -0.434 e. The van der Waals surface area contributed by atoms with Crippen molar-refractivity contribution in [3.05, 3.63) is 49.4 Å². The van der Waals surface area contributed by atoms with Crippen molar-refractivity contribution in [1.82, 2.24) is 0 Å². The molecule has 8 heteroatoms. The fraction of sp³-hybridized carbons (Fsp3) is 0.0769. The van der Waals surface area contributed by atoms with Gasteiger partial charge in [0.1, 0.15) is 5.75 Å². The number of hydrogen-bond acceptors (Lipinski definition) is 1. The predicted octanol–water partition coefficient (Wildman–Crippen LogP) is 7.22. The fourth-order valence-corrected chi connectivity index (χ4v) is 3.06. The molecule has 1 nitrogen and oxygen atoms in total. The van der Waals surface area contributed by atoms with Gasteiger partial charge >= 0.3 is 6.61 Å². The van der Waals surface area contributed by atoms with Crippen LogP contribution < -0.4 is 4.74 Å². The van der Waals surface area contributed by atoms with Crippen LogP contribution in [0.3, 0.4) is 0 Å². The first-order chi connectivity index (χ1) is 9.84. The molecule has 0 aliphatic heterocycles. The van der Waals surface area contributed by atoms with Gasteiger partial charge in [-0.1, -0.05) is 76.2 Å². The second-order valence-electron chi connectivity index (χ2n) is 3.82. The number of hydrogen-bond donors (Lipinski definition) is 0. The van der Waals surface area contributed by atoms with Crippen molar-refractivity contribution in [3.8, 4) is 16.9 Å². The zero-order chi connectivity index (χ0) is 15.7. The molecule has 0 aromatic heterocycles. The monoisotopic (exact) mass is 390 g/mol. The number of ether oxygens (including phenoxy) is 1. The molecule has 0 N–H and O–H groups in total. The maximum absolute atomic E-state index is 12.5. The maximum Gasteiger partial charge on any atom is 0.387 e. The van der Waals surface area contributed by atoms with Crippen molar-refractivity contribution in [3.63, 3.8) is 0 Å². The van der Waals surface area contributed by atoms with E-state index in [1.807, 2.05) is 0 Å². The molecule has 0 amide bonds.